The van der Waals surface area contributed by atoms with Gasteiger partial charge in [-0.2, -0.15) is 4.98 Å². The van der Waals surface area contributed by atoms with Crippen molar-refractivity contribution in [2.75, 3.05) is 18.0 Å². The maximum Gasteiger partial charge on any atom is 0.229 e. The lowest BCUT2D eigenvalue weighted by Crippen LogP contribution is -2.46. The molecule has 2 unspecified atom stereocenters. The molecular formula is C9H13ClN4O. The summed E-state index contributed by atoms with van der Waals surface area (Å²) < 4.78 is 5.62. The van der Waals surface area contributed by atoms with Crippen LogP contribution in [0, 0.1) is 0 Å². The van der Waals surface area contributed by atoms with Crippen LogP contribution in [0.25, 0.3) is 0 Å². The van der Waals surface area contributed by atoms with Gasteiger partial charge in [0.05, 0.1) is 12.2 Å². The zero-order valence-corrected chi connectivity index (χ0v) is 9.48. The molecule has 0 aromatic carbocycles. The van der Waals surface area contributed by atoms with Crippen molar-refractivity contribution in [3.05, 3.63) is 11.6 Å². The third-order valence-electron chi connectivity index (χ3n) is 2.23. The van der Waals surface area contributed by atoms with Crippen molar-refractivity contribution < 1.29 is 4.74 Å². The maximum absolute atomic E-state index is 5.72. The van der Waals surface area contributed by atoms with Crippen molar-refractivity contribution in [2.45, 2.75) is 26.1 Å². The summed E-state index contributed by atoms with van der Waals surface area (Å²) in [5.74, 6) is 0.622. The van der Waals surface area contributed by atoms with Gasteiger partial charge < -0.3 is 9.64 Å². The van der Waals surface area contributed by atoms with Gasteiger partial charge in [-0.1, -0.05) is 0 Å². The van der Waals surface area contributed by atoms with Crippen LogP contribution in [0.15, 0.2) is 6.33 Å². The summed E-state index contributed by atoms with van der Waals surface area (Å²) in [7, 11) is 0. The van der Waals surface area contributed by atoms with E-state index in [1.807, 2.05) is 13.8 Å². The molecule has 1 aliphatic rings. The van der Waals surface area contributed by atoms with Gasteiger partial charge in [-0.3, -0.25) is 0 Å². The number of ether oxygens (including phenoxy) is 1. The van der Waals surface area contributed by atoms with Crippen molar-refractivity contribution in [2.24, 2.45) is 0 Å². The van der Waals surface area contributed by atoms with E-state index in [2.05, 4.69) is 19.9 Å². The molecule has 2 atom stereocenters. The van der Waals surface area contributed by atoms with Gasteiger partial charge in [0.15, 0.2) is 0 Å². The monoisotopic (exact) mass is 228 g/mol. The molecule has 0 N–H and O–H groups in total. The average molecular weight is 229 g/mol. The van der Waals surface area contributed by atoms with Gasteiger partial charge in [-0.05, 0) is 25.4 Å². The van der Waals surface area contributed by atoms with Gasteiger partial charge in [0.1, 0.15) is 6.33 Å². The minimum atomic E-state index is 0.185. The summed E-state index contributed by atoms with van der Waals surface area (Å²) in [6.07, 6.45) is 1.80. The number of nitrogens with zero attached hydrogens (tertiary/aromatic N) is 4. The lowest BCUT2D eigenvalue weighted by Gasteiger charge is -2.35. The zero-order chi connectivity index (χ0) is 10.8. The molecule has 1 aliphatic heterocycles. The van der Waals surface area contributed by atoms with Crippen LogP contribution in [0.4, 0.5) is 5.95 Å². The molecule has 2 heterocycles. The normalized spacial score (nSPS) is 26.7. The number of halogens is 1. The lowest BCUT2D eigenvalue weighted by atomic mass is 10.2. The van der Waals surface area contributed by atoms with Crippen LogP contribution in [-0.2, 0) is 4.74 Å². The van der Waals surface area contributed by atoms with Gasteiger partial charge in [0.2, 0.25) is 11.2 Å². The summed E-state index contributed by atoms with van der Waals surface area (Å²) in [4.78, 5) is 14.0. The molecule has 6 heteroatoms. The first-order valence-electron chi connectivity index (χ1n) is 4.90. The molecule has 5 nitrogen and oxygen atoms in total. The van der Waals surface area contributed by atoms with E-state index >= 15 is 0 Å². The Hall–Kier alpha value is -0.940. The van der Waals surface area contributed by atoms with E-state index in [9.17, 15) is 0 Å². The first kappa shape index (κ1) is 10.6. The number of aromatic nitrogens is 3. The minimum absolute atomic E-state index is 0.185. The highest BCUT2D eigenvalue weighted by Gasteiger charge is 2.24. The highest BCUT2D eigenvalue weighted by Crippen LogP contribution is 2.16. The predicted octanol–water partition coefficient (Wildman–Crippen LogP) is 1.14. The number of morpholine rings is 1. The Morgan fingerprint density at radius 2 is 2.00 bits per heavy atom. The minimum Gasteiger partial charge on any atom is -0.372 e. The molecule has 15 heavy (non-hydrogen) atoms. The SMILES string of the molecule is CC1CN(c2ncnc(Cl)n2)CC(C)O1. The fraction of sp³-hybridized carbons (Fsp3) is 0.667. The van der Waals surface area contributed by atoms with Gasteiger partial charge in [-0.15, -0.1) is 0 Å². The molecule has 82 valence electrons. The average Bonchev–Trinajstić information content (AvgIpc) is 2.16. The van der Waals surface area contributed by atoms with E-state index in [-0.39, 0.29) is 17.5 Å². The Morgan fingerprint density at radius 1 is 1.33 bits per heavy atom. The highest BCUT2D eigenvalue weighted by atomic mass is 35.5. The second-order valence-electron chi connectivity index (χ2n) is 3.72. The van der Waals surface area contributed by atoms with Crippen molar-refractivity contribution in [1.29, 1.82) is 0 Å². The van der Waals surface area contributed by atoms with Crippen molar-refractivity contribution >= 4 is 17.5 Å². The molecule has 0 spiro atoms. The quantitative estimate of drug-likeness (QED) is 0.722. The van der Waals surface area contributed by atoms with Crippen LogP contribution in [0.1, 0.15) is 13.8 Å². The number of anilines is 1. The molecule has 2 rings (SSSR count). The molecule has 0 radical (unpaired) electrons. The van der Waals surface area contributed by atoms with E-state index in [0.717, 1.165) is 13.1 Å². The molecule has 1 saturated heterocycles. The molecule has 1 aromatic heterocycles. The smallest absolute Gasteiger partial charge is 0.229 e. The largest absolute Gasteiger partial charge is 0.372 e. The second kappa shape index (κ2) is 4.28. The van der Waals surface area contributed by atoms with Crippen LogP contribution in [-0.4, -0.2) is 40.2 Å². The van der Waals surface area contributed by atoms with E-state index in [1.165, 1.54) is 6.33 Å². The third-order valence-corrected chi connectivity index (χ3v) is 2.41. The lowest BCUT2D eigenvalue weighted by molar-refractivity contribution is -0.00573. The number of hydrogen-bond acceptors (Lipinski definition) is 5. The Labute approximate surface area is 93.5 Å². The topological polar surface area (TPSA) is 51.1 Å². The summed E-state index contributed by atoms with van der Waals surface area (Å²) in [6.45, 7) is 5.63. The van der Waals surface area contributed by atoms with Crippen molar-refractivity contribution in [3.63, 3.8) is 0 Å². The van der Waals surface area contributed by atoms with Crippen molar-refractivity contribution in [1.82, 2.24) is 15.0 Å². The summed E-state index contributed by atoms with van der Waals surface area (Å²) in [5.41, 5.74) is 0. The van der Waals surface area contributed by atoms with E-state index in [4.69, 9.17) is 16.3 Å². The van der Waals surface area contributed by atoms with Crippen LogP contribution >= 0.6 is 11.6 Å². The first-order valence-corrected chi connectivity index (χ1v) is 5.28. The van der Waals surface area contributed by atoms with Gasteiger partial charge in [0, 0.05) is 13.1 Å². The molecule has 1 aromatic rings. The Morgan fingerprint density at radius 3 is 2.60 bits per heavy atom. The molecule has 0 bridgehead atoms. The Kier molecular flexibility index (Phi) is 3.02. The van der Waals surface area contributed by atoms with Gasteiger partial charge in [-0.25, -0.2) is 9.97 Å². The van der Waals surface area contributed by atoms with E-state index in [0.29, 0.717) is 5.95 Å². The van der Waals surface area contributed by atoms with Gasteiger partial charge >= 0.3 is 0 Å². The standard InChI is InChI=1S/C9H13ClN4O/c1-6-3-14(4-7(2)15-6)9-12-5-11-8(10)13-9/h5-7H,3-4H2,1-2H3. The maximum atomic E-state index is 5.72. The van der Waals surface area contributed by atoms with E-state index < -0.39 is 0 Å². The summed E-state index contributed by atoms with van der Waals surface area (Å²) in [6, 6.07) is 0. The molecule has 1 fully saturated rings. The van der Waals surface area contributed by atoms with Crippen LogP contribution in [0.5, 0.6) is 0 Å². The Bertz CT molecular complexity index is 339. The fourth-order valence-electron chi connectivity index (χ4n) is 1.76. The summed E-state index contributed by atoms with van der Waals surface area (Å²) >= 11 is 5.72. The Balaban J connectivity index is 2.16. The zero-order valence-electron chi connectivity index (χ0n) is 8.72. The second-order valence-corrected chi connectivity index (χ2v) is 4.05. The summed E-state index contributed by atoms with van der Waals surface area (Å²) in [5, 5.41) is 0.229. The van der Waals surface area contributed by atoms with Crippen molar-refractivity contribution in [3.8, 4) is 0 Å². The van der Waals surface area contributed by atoms with Crippen LogP contribution < -0.4 is 4.90 Å². The van der Waals surface area contributed by atoms with Crippen LogP contribution in [0.3, 0.4) is 0 Å². The third kappa shape index (κ3) is 2.54. The molecule has 0 saturated carbocycles. The first-order chi connectivity index (χ1) is 7.15. The number of hydrogen-bond donors (Lipinski definition) is 0. The van der Waals surface area contributed by atoms with Crippen LogP contribution in [0.2, 0.25) is 5.28 Å². The predicted molar refractivity (Wildman–Crippen MR) is 57.1 cm³/mol. The highest BCUT2D eigenvalue weighted by molar-refractivity contribution is 6.28. The fourth-order valence-corrected chi connectivity index (χ4v) is 1.88. The van der Waals surface area contributed by atoms with Gasteiger partial charge in [0.25, 0.3) is 0 Å². The molecule has 0 aliphatic carbocycles. The molecule has 0 amide bonds. The van der Waals surface area contributed by atoms with E-state index in [1.54, 1.807) is 0 Å². The molecular weight excluding hydrogens is 216 g/mol. The number of rotatable bonds is 1.